The van der Waals surface area contributed by atoms with Crippen molar-refractivity contribution >= 4 is 23.1 Å². The molecule has 0 saturated heterocycles. The standard InChI is InChI=1S/C21H25N5/c1-14-10-15(2)12-16(11-14)23-20-25-19(13-22-26-20)24-18-9-7-6-8-17(18)21(3,4)5/h6-13H,1-5H3,(H2,23,24,25,26). The molecule has 134 valence electrons. The summed E-state index contributed by atoms with van der Waals surface area (Å²) in [6.07, 6.45) is 1.63. The van der Waals surface area contributed by atoms with E-state index in [1.807, 2.05) is 6.07 Å². The third-order valence-corrected chi connectivity index (χ3v) is 4.03. The lowest BCUT2D eigenvalue weighted by Gasteiger charge is -2.23. The molecule has 1 aromatic heterocycles. The summed E-state index contributed by atoms with van der Waals surface area (Å²) in [5.74, 6) is 1.12. The van der Waals surface area contributed by atoms with Crippen LogP contribution in [0.25, 0.3) is 0 Å². The predicted octanol–water partition coefficient (Wildman–Crippen LogP) is 5.27. The zero-order valence-corrected chi connectivity index (χ0v) is 16.0. The first kappa shape index (κ1) is 17.9. The van der Waals surface area contributed by atoms with Crippen LogP contribution in [0, 0.1) is 13.8 Å². The summed E-state index contributed by atoms with van der Waals surface area (Å²) in [7, 11) is 0. The van der Waals surface area contributed by atoms with Crippen molar-refractivity contribution in [2.45, 2.75) is 40.0 Å². The molecular formula is C21H25N5. The van der Waals surface area contributed by atoms with Crippen LogP contribution in [0.2, 0.25) is 0 Å². The Morgan fingerprint density at radius 1 is 0.885 bits per heavy atom. The second-order valence-corrected chi connectivity index (χ2v) is 7.59. The average molecular weight is 347 g/mol. The highest BCUT2D eigenvalue weighted by Gasteiger charge is 2.17. The van der Waals surface area contributed by atoms with Gasteiger partial charge in [-0.15, -0.1) is 5.10 Å². The van der Waals surface area contributed by atoms with E-state index in [4.69, 9.17) is 0 Å². The summed E-state index contributed by atoms with van der Waals surface area (Å²) in [4.78, 5) is 4.55. The van der Waals surface area contributed by atoms with Crippen molar-refractivity contribution in [3.05, 3.63) is 65.4 Å². The quantitative estimate of drug-likeness (QED) is 0.673. The number of aromatic nitrogens is 3. The molecule has 0 saturated carbocycles. The van der Waals surface area contributed by atoms with E-state index in [0.29, 0.717) is 11.8 Å². The third kappa shape index (κ3) is 4.36. The van der Waals surface area contributed by atoms with Crippen LogP contribution in [0.3, 0.4) is 0 Å². The molecule has 0 atom stereocenters. The van der Waals surface area contributed by atoms with Crippen LogP contribution in [-0.4, -0.2) is 15.2 Å². The Labute approximate surface area is 154 Å². The molecule has 0 fully saturated rings. The van der Waals surface area contributed by atoms with Crippen LogP contribution in [-0.2, 0) is 5.41 Å². The van der Waals surface area contributed by atoms with Crippen LogP contribution in [0.15, 0.2) is 48.7 Å². The highest BCUT2D eigenvalue weighted by Crippen LogP contribution is 2.30. The number of aryl methyl sites for hydroxylation is 2. The topological polar surface area (TPSA) is 62.7 Å². The second kappa shape index (κ2) is 7.12. The van der Waals surface area contributed by atoms with E-state index in [-0.39, 0.29) is 5.41 Å². The molecule has 1 heterocycles. The summed E-state index contributed by atoms with van der Waals surface area (Å²) in [6.45, 7) is 10.7. The molecule has 5 nitrogen and oxygen atoms in total. The number of anilines is 4. The Balaban J connectivity index is 1.85. The number of hydrogen-bond donors (Lipinski definition) is 2. The SMILES string of the molecule is Cc1cc(C)cc(Nc2nncc(Nc3ccccc3C(C)(C)C)n2)c1. The largest absolute Gasteiger partial charge is 0.339 e. The molecule has 0 radical (unpaired) electrons. The molecule has 0 aliphatic rings. The Morgan fingerprint density at radius 2 is 1.58 bits per heavy atom. The van der Waals surface area contributed by atoms with Gasteiger partial charge in [0.25, 0.3) is 0 Å². The maximum Gasteiger partial charge on any atom is 0.249 e. The van der Waals surface area contributed by atoms with Gasteiger partial charge in [-0.1, -0.05) is 45.0 Å². The number of rotatable bonds is 4. The van der Waals surface area contributed by atoms with E-state index in [0.717, 1.165) is 11.4 Å². The Hall–Kier alpha value is -2.95. The second-order valence-electron chi connectivity index (χ2n) is 7.59. The summed E-state index contributed by atoms with van der Waals surface area (Å²) in [5.41, 5.74) is 5.61. The van der Waals surface area contributed by atoms with Crippen LogP contribution in [0.4, 0.5) is 23.1 Å². The zero-order chi connectivity index (χ0) is 18.7. The first-order valence-corrected chi connectivity index (χ1v) is 8.73. The summed E-state index contributed by atoms with van der Waals surface area (Å²) in [6, 6.07) is 14.5. The molecule has 0 aliphatic heterocycles. The fourth-order valence-electron chi connectivity index (χ4n) is 2.98. The van der Waals surface area contributed by atoms with E-state index >= 15 is 0 Å². The van der Waals surface area contributed by atoms with Gasteiger partial charge in [0.05, 0.1) is 6.20 Å². The van der Waals surface area contributed by atoms with Crippen molar-refractivity contribution < 1.29 is 0 Å². The van der Waals surface area contributed by atoms with Gasteiger partial charge in [0.1, 0.15) is 0 Å². The molecule has 0 aliphatic carbocycles. The van der Waals surface area contributed by atoms with Gasteiger partial charge >= 0.3 is 0 Å². The van der Waals surface area contributed by atoms with Gasteiger partial charge in [-0.2, -0.15) is 10.1 Å². The average Bonchev–Trinajstić information content (AvgIpc) is 2.53. The molecule has 26 heavy (non-hydrogen) atoms. The van der Waals surface area contributed by atoms with Crippen LogP contribution >= 0.6 is 0 Å². The number of hydrogen-bond acceptors (Lipinski definition) is 5. The molecule has 0 unspecified atom stereocenters. The van der Waals surface area contributed by atoms with Gasteiger partial charge < -0.3 is 10.6 Å². The van der Waals surface area contributed by atoms with Gasteiger partial charge in [0.15, 0.2) is 5.82 Å². The molecule has 0 bridgehead atoms. The van der Waals surface area contributed by atoms with E-state index in [1.165, 1.54) is 16.7 Å². The van der Waals surface area contributed by atoms with Gasteiger partial charge in [-0.3, -0.25) is 0 Å². The van der Waals surface area contributed by atoms with E-state index < -0.39 is 0 Å². The third-order valence-electron chi connectivity index (χ3n) is 4.03. The molecule has 2 aromatic carbocycles. The number of nitrogens with one attached hydrogen (secondary N) is 2. The summed E-state index contributed by atoms with van der Waals surface area (Å²) < 4.78 is 0. The molecule has 2 N–H and O–H groups in total. The molecule has 3 rings (SSSR count). The lowest BCUT2D eigenvalue weighted by atomic mass is 9.86. The number of benzene rings is 2. The van der Waals surface area contributed by atoms with Crippen molar-refractivity contribution in [2.75, 3.05) is 10.6 Å². The maximum absolute atomic E-state index is 4.55. The van der Waals surface area contributed by atoms with Crippen molar-refractivity contribution in [1.82, 2.24) is 15.2 Å². The number of para-hydroxylation sites is 1. The van der Waals surface area contributed by atoms with Gasteiger partial charge in [0, 0.05) is 11.4 Å². The normalized spacial score (nSPS) is 11.3. The minimum absolute atomic E-state index is 0.0320. The molecular weight excluding hydrogens is 322 g/mol. The maximum atomic E-state index is 4.55. The van der Waals surface area contributed by atoms with Crippen molar-refractivity contribution in [3.8, 4) is 0 Å². The first-order chi connectivity index (χ1) is 12.3. The number of nitrogens with zero attached hydrogens (tertiary/aromatic N) is 3. The lowest BCUT2D eigenvalue weighted by Crippen LogP contribution is -2.14. The minimum Gasteiger partial charge on any atom is -0.339 e. The van der Waals surface area contributed by atoms with Crippen LogP contribution in [0.1, 0.15) is 37.5 Å². The highest BCUT2D eigenvalue weighted by molar-refractivity contribution is 5.63. The van der Waals surface area contributed by atoms with E-state index in [1.54, 1.807) is 6.20 Å². The smallest absolute Gasteiger partial charge is 0.249 e. The molecule has 0 amide bonds. The fourth-order valence-corrected chi connectivity index (χ4v) is 2.98. The monoisotopic (exact) mass is 347 g/mol. The predicted molar refractivity (Wildman–Crippen MR) is 107 cm³/mol. The van der Waals surface area contributed by atoms with Crippen LogP contribution < -0.4 is 10.6 Å². The van der Waals surface area contributed by atoms with Crippen molar-refractivity contribution in [2.24, 2.45) is 0 Å². The molecule has 5 heteroatoms. The van der Waals surface area contributed by atoms with E-state index in [9.17, 15) is 0 Å². The van der Waals surface area contributed by atoms with Crippen molar-refractivity contribution in [3.63, 3.8) is 0 Å². The zero-order valence-electron chi connectivity index (χ0n) is 16.0. The fraction of sp³-hybridized carbons (Fsp3) is 0.286. The minimum atomic E-state index is 0.0320. The van der Waals surface area contributed by atoms with Gasteiger partial charge in [-0.05, 0) is 54.2 Å². The Kier molecular flexibility index (Phi) is 4.89. The van der Waals surface area contributed by atoms with Gasteiger partial charge in [0.2, 0.25) is 5.95 Å². The summed E-state index contributed by atoms with van der Waals surface area (Å²) in [5, 5.41) is 14.8. The molecule has 0 spiro atoms. The van der Waals surface area contributed by atoms with Crippen LogP contribution in [0.5, 0.6) is 0 Å². The lowest BCUT2D eigenvalue weighted by molar-refractivity contribution is 0.592. The highest BCUT2D eigenvalue weighted by atomic mass is 15.3. The molecule has 3 aromatic rings. The van der Waals surface area contributed by atoms with Crippen molar-refractivity contribution in [1.29, 1.82) is 0 Å². The Morgan fingerprint density at radius 3 is 2.27 bits per heavy atom. The summed E-state index contributed by atoms with van der Waals surface area (Å²) >= 11 is 0. The van der Waals surface area contributed by atoms with Gasteiger partial charge in [-0.25, -0.2) is 0 Å². The first-order valence-electron chi connectivity index (χ1n) is 8.73. The van der Waals surface area contributed by atoms with E-state index in [2.05, 4.69) is 96.8 Å². The Bertz CT molecular complexity index is 892.